The topological polar surface area (TPSA) is 101 Å². The minimum absolute atomic E-state index is 0.217. The van der Waals surface area contributed by atoms with Crippen LogP contribution >= 0.6 is 0 Å². The highest BCUT2D eigenvalue weighted by Crippen LogP contribution is 1.98. The zero-order valence-electron chi connectivity index (χ0n) is 10.3. The highest BCUT2D eigenvalue weighted by atomic mass is 16.4. The van der Waals surface area contributed by atoms with Crippen LogP contribution in [0.25, 0.3) is 0 Å². The molecule has 1 unspecified atom stereocenters. The number of hydrogen-bond acceptors (Lipinski definition) is 5. The van der Waals surface area contributed by atoms with Crippen LogP contribution in [0.15, 0.2) is 11.5 Å². The molecule has 0 aliphatic heterocycles. The number of nitrogens with zero attached hydrogens (tertiary/aromatic N) is 4. The number of nitrogens with one attached hydrogen (secondary N) is 1. The first kappa shape index (κ1) is 13.4. The van der Waals surface area contributed by atoms with Gasteiger partial charge >= 0.3 is 0 Å². The number of hydrogen-bond donors (Lipinski definition) is 3. The molecule has 1 rings (SSSR count). The van der Waals surface area contributed by atoms with Gasteiger partial charge in [0.25, 0.3) is 0 Å². The van der Waals surface area contributed by atoms with Crippen LogP contribution in [0.3, 0.4) is 0 Å². The average Bonchev–Trinajstić information content (AvgIpc) is 2.73. The first-order valence-corrected chi connectivity index (χ1v) is 5.70. The fourth-order valence-corrected chi connectivity index (χ4v) is 1.54. The lowest BCUT2D eigenvalue weighted by molar-refractivity contribution is 0.315. The maximum atomic E-state index is 8.50. The first-order valence-electron chi connectivity index (χ1n) is 5.70. The van der Waals surface area contributed by atoms with E-state index in [9.17, 15) is 0 Å². The Hall–Kier alpha value is -1.63. The molecule has 96 valence electrons. The predicted molar refractivity (Wildman–Crippen MR) is 64.8 cm³/mol. The van der Waals surface area contributed by atoms with E-state index in [1.54, 1.807) is 11.0 Å². The maximum absolute atomic E-state index is 8.50. The summed E-state index contributed by atoms with van der Waals surface area (Å²) < 4.78 is 1.68. The zero-order chi connectivity index (χ0) is 12.7. The third-order valence-electron chi connectivity index (χ3n) is 2.51. The van der Waals surface area contributed by atoms with Crippen molar-refractivity contribution < 1.29 is 5.21 Å². The Balaban J connectivity index is 2.28. The Kier molecular flexibility index (Phi) is 5.41. The third kappa shape index (κ3) is 4.81. The molecule has 0 aliphatic rings. The van der Waals surface area contributed by atoms with Crippen molar-refractivity contribution in [3.05, 3.63) is 12.2 Å². The molecule has 0 spiro atoms. The molecule has 0 aromatic carbocycles. The Labute approximate surface area is 101 Å². The second-order valence-electron chi connectivity index (χ2n) is 3.94. The summed E-state index contributed by atoms with van der Waals surface area (Å²) >= 11 is 0. The van der Waals surface area contributed by atoms with Gasteiger partial charge in [0.1, 0.15) is 12.2 Å². The van der Waals surface area contributed by atoms with Gasteiger partial charge in [-0.05, 0) is 6.42 Å². The summed E-state index contributed by atoms with van der Waals surface area (Å²) in [7, 11) is 1.84. The fourth-order valence-electron chi connectivity index (χ4n) is 1.54. The van der Waals surface area contributed by atoms with Crippen LogP contribution in [0.4, 0.5) is 0 Å². The van der Waals surface area contributed by atoms with Gasteiger partial charge in [0.05, 0.1) is 0 Å². The lowest BCUT2D eigenvalue weighted by Crippen LogP contribution is -2.34. The summed E-state index contributed by atoms with van der Waals surface area (Å²) in [5.74, 6) is 1.07. The number of nitrogens with two attached hydrogens (primary N) is 1. The smallest absolute Gasteiger partial charge is 0.151 e. The second-order valence-corrected chi connectivity index (χ2v) is 3.94. The van der Waals surface area contributed by atoms with Gasteiger partial charge in [0.2, 0.25) is 0 Å². The normalized spacial score (nSPS) is 13.9. The maximum Gasteiger partial charge on any atom is 0.151 e. The molecule has 0 aliphatic carbocycles. The molecule has 1 aromatic heterocycles. The molecular formula is C10H20N6O. The van der Waals surface area contributed by atoms with E-state index < -0.39 is 0 Å². The summed E-state index contributed by atoms with van der Waals surface area (Å²) in [4.78, 5) is 4.14. The van der Waals surface area contributed by atoms with E-state index in [1.165, 1.54) is 0 Å². The SMILES string of the molecule is CCC(CC(N)=NO)NCCc1ncn(C)n1. The summed E-state index contributed by atoms with van der Waals surface area (Å²) in [5, 5.41) is 19.0. The third-order valence-corrected chi connectivity index (χ3v) is 2.51. The largest absolute Gasteiger partial charge is 0.409 e. The van der Waals surface area contributed by atoms with Gasteiger partial charge in [-0.25, -0.2) is 4.98 Å². The van der Waals surface area contributed by atoms with Gasteiger partial charge < -0.3 is 16.3 Å². The first-order chi connectivity index (χ1) is 8.15. The second kappa shape index (κ2) is 6.85. The van der Waals surface area contributed by atoms with Gasteiger partial charge in [-0.15, -0.1) is 0 Å². The Morgan fingerprint density at radius 3 is 3.00 bits per heavy atom. The van der Waals surface area contributed by atoms with E-state index in [0.717, 1.165) is 25.2 Å². The summed E-state index contributed by atoms with van der Waals surface area (Å²) in [6.45, 7) is 2.84. The number of rotatable bonds is 7. The molecule has 0 saturated heterocycles. The Bertz CT molecular complexity index is 361. The highest BCUT2D eigenvalue weighted by Gasteiger charge is 2.08. The van der Waals surface area contributed by atoms with Crippen LogP contribution in [0, 0.1) is 0 Å². The Morgan fingerprint density at radius 2 is 2.47 bits per heavy atom. The average molecular weight is 240 g/mol. The van der Waals surface area contributed by atoms with Crippen LogP contribution in [-0.4, -0.2) is 38.4 Å². The van der Waals surface area contributed by atoms with Gasteiger partial charge in [-0.2, -0.15) is 5.10 Å². The van der Waals surface area contributed by atoms with Gasteiger partial charge in [0, 0.05) is 32.5 Å². The van der Waals surface area contributed by atoms with Crippen molar-refractivity contribution >= 4 is 5.84 Å². The van der Waals surface area contributed by atoms with E-state index in [-0.39, 0.29) is 11.9 Å². The molecule has 1 aromatic rings. The lowest BCUT2D eigenvalue weighted by atomic mass is 10.1. The number of oxime groups is 1. The molecule has 4 N–H and O–H groups in total. The summed E-state index contributed by atoms with van der Waals surface area (Å²) in [5.41, 5.74) is 5.47. The number of aryl methyl sites for hydroxylation is 1. The molecule has 1 heterocycles. The molecule has 0 bridgehead atoms. The molecule has 0 fully saturated rings. The zero-order valence-corrected chi connectivity index (χ0v) is 10.3. The molecule has 0 radical (unpaired) electrons. The molecular weight excluding hydrogens is 220 g/mol. The van der Waals surface area contributed by atoms with Gasteiger partial charge in [-0.1, -0.05) is 12.1 Å². The van der Waals surface area contributed by atoms with Crippen LogP contribution < -0.4 is 11.1 Å². The quantitative estimate of drug-likeness (QED) is 0.266. The predicted octanol–water partition coefficient (Wildman–Crippen LogP) is -0.138. The van der Waals surface area contributed by atoms with Gasteiger partial charge in [-0.3, -0.25) is 4.68 Å². The molecule has 7 heteroatoms. The van der Waals surface area contributed by atoms with E-state index in [1.807, 2.05) is 7.05 Å². The fraction of sp³-hybridized carbons (Fsp3) is 0.700. The molecule has 0 saturated carbocycles. The monoisotopic (exact) mass is 240 g/mol. The highest BCUT2D eigenvalue weighted by molar-refractivity contribution is 5.80. The van der Waals surface area contributed by atoms with E-state index in [2.05, 4.69) is 27.5 Å². The van der Waals surface area contributed by atoms with Crippen LogP contribution in [0.1, 0.15) is 25.6 Å². The van der Waals surface area contributed by atoms with Crippen LogP contribution in [-0.2, 0) is 13.5 Å². The van der Waals surface area contributed by atoms with E-state index in [0.29, 0.717) is 6.42 Å². The summed E-state index contributed by atoms with van der Waals surface area (Å²) in [6.07, 6.45) is 3.92. The number of aromatic nitrogens is 3. The van der Waals surface area contributed by atoms with Crippen molar-refractivity contribution in [3.8, 4) is 0 Å². The minimum Gasteiger partial charge on any atom is -0.409 e. The lowest BCUT2D eigenvalue weighted by Gasteiger charge is -2.15. The van der Waals surface area contributed by atoms with Crippen LogP contribution in [0.5, 0.6) is 0 Å². The molecule has 0 amide bonds. The molecule has 7 nitrogen and oxygen atoms in total. The Morgan fingerprint density at radius 1 is 1.71 bits per heavy atom. The van der Waals surface area contributed by atoms with Crippen molar-refractivity contribution in [1.29, 1.82) is 0 Å². The molecule has 1 atom stereocenters. The van der Waals surface area contributed by atoms with Crippen molar-refractivity contribution in [1.82, 2.24) is 20.1 Å². The van der Waals surface area contributed by atoms with Crippen molar-refractivity contribution in [2.24, 2.45) is 17.9 Å². The van der Waals surface area contributed by atoms with Crippen molar-refractivity contribution in [3.63, 3.8) is 0 Å². The van der Waals surface area contributed by atoms with Crippen LogP contribution in [0.2, 0.25) is 0 Å². The van der Waals surface area contributed by atoms with Crippen molar-refractivity contribution in [2.45, 2.75) is 32.2 Å². The van der Waals surface area contributed by atoms with Crippen molar-refractivity contribution in [2.75, 3.05) is 6.54 Å². The van der Waals surface area contributed by atoms with E-state index in [4.69, 9.17) is 10.9 Å². The van der Waals surface area contributed by atoms with Gasteiger partial charge in [0.15, 0.2) is 5.82 Å². The molecule has 17 heavy (non-hydrogen) atoms. The summed E-state index contributed by atoms with van der Waals surface area (Å²) in [6, 6.07) is 0.217. The minimum atomic E-state index is 0.217. The standard InChI is InChI=1S/C10H20N6O/c1-3-8(6-9(11)15-17)12-5-4-10-13-7-16(2)14-10/h7-8,12,17H,3-6H2,1-2H3,(H2,11,15). The van der Waals surface area contributed by atoms with E-state index >= 15 is 0 Å². The number of amidine groups is 1.